The Morgan fingerprint density at radius 3 is 2.84 bits per heavy atom. The van der Waals surface area contributed by atoms with Crippen LogP contribution in [0.15, 0.2) is 35.7 Å². The largest absolute Gasteiger partial charge is 0.481 e. The van der Waals surface area contributed by atoms with E-state index in [1.54, 1.807) is 5.38 Å². The molecule has 0 fully saturated rings. The number of benzene rings is 1. The van der Waals surface area contributed by atoms with Gasteiger partial charge < -0.3 is 10.4 Å². The van der Waals surface area contributed by atoms with Crippen LogP contribution in [0.5, 0.6) is 0 Å². The van der Waals surface area contributed by atoms with Gasteiger partial charge in [0.2, 0.25) is 0 Å². The molecule has 19 heavy (non-hydrogen) atoms. The number of rotatable bonds is 6. The lowest BCUT2D eigenvalue weighted by molar-refractivity contribution is -0.136. The smallest absolute Gasteiger partial charge is 0.309 e. The number of aliphatic carboxylic acids is 1. The Bertz CT molecular complexity index is 539. The van der Waals surface area contributed by atoms with Crippen LogP contribution in [0.25, 0.3) is 0 Å². The van der Waals surface area contributed by atoms with Crippen molar-refractivity contribution in [1.29, 1.82) is 0 Å². The second kappa shape index (κ2) is 6.33. The van der Waals surface area contributed by atoms with E-state index in [2.05, 4.69) is 29.4 Å². The summed E-state index contributed by atoms with van der Waals surface area (Å²) in [5.74, 6) is -0.853. The highest BCUT2D eigenvalue weighted by atomic mass is 32.1. The molecule has 0 bridgehead atoms. The average molecular weight is 276 g/mol. The van der Waals surface area contributed by atoms with Crippen molar-refractivity contribution in [2.75, 3.05) is 5.32 Å². The molecule has 5 heteroatoms. The van der Waals surface area contributed by atoms with E-state index in [0.717, 1.165) is 11.6 Å². The lowest BCUT2D eigenvalue weighted by atomic mass is 10.1. The fraction of sp³-hybridized carbons (Fsp3) is 0.286. The summed E-state index contributed by atoms with van der Waals surface area (Å²) in [4.78, 5) is 14.8. The Balaban J connectivity index is 1.90. The maximum absolute atomic E-state index is 10.6. The number of thiazole rings is 1. The maximum atomic E-state index is 10.6. The highest BCUT2D eigenvalue weighted by molar-refractivity contribution is 7.13. The summed E-state index contributed by atoms with van der Waals surface area (Å²) < 4.78 is 0. The Hall–Kier alpha value is -1.88. The zero-order valence-electron chi connectivity index (χ0n) is 10.7. The minimum absolute atomic E-state index is 0.0226. The first-order chi connectivity index (χ1) is 9.13. The highest BCUT2D eigenvalue weighted by Crippen LogP contribution is 2.17. The number of nitrogens with one attached hydrogen (secondary N) is 1. The number of carbonyl (C=O) groups is 1. The fourth-order valence-electron chi connectivity index (χ4n) is 1.84. The number of anilines is 1. The molecule has 0 aliphatic heterocycles. The van der Waals surface area contributed by atoms with Gasteiger partial charge in [0, 0.05) is 11.4 Å². The normalized spacial score (nSPS) is 12.1. The van der Waals surface area contributed by atoms with Crippen molar-refractivity contribution in [2.24, 2.45) is 0 Å². The van der Waals surface area contributed by atoms with Crippen LogP contribution in [-0.2, 0) is 17.6 Å². The van der Waals surface area contributed by atoms with Crippen molar-refractivity contribution in [1.82, 2.24) is 4.98 Å². The van der Waals surface area contributed by atoms with Crippen molar-refractivity contribution in [2.45, 2.75) is 25.8 Å². The van der Waals surface area contributed by atoms with Gasteiger partial charge >= 0.3 is 5.97 Å². The summed E-state index contributed by atoms with van der Waals surface area (Å²) in [7, 11) is 0. The summed E-state index contributed by atoms with van der Waals surface area (Å²) in [5.41, 5.74) is 1.87. The topological polar surface area (TPSA) is 62.2 Å². The minimum atomic E-state index is -0.853. The third-order valence-electron chi connectivity index (χ3n) is 2.64. The molecule has 2 N–H and O–H groups in total. The van der Waals surface area contributed by atoms with Crippen LogP contribution in [-0.4, -0.2) is 22.1 Å². The maximum Gasteiger partial charge on any atom is 0.309 e. The second-order valence-corrected chi connectivity index (χ2v) is 5.31. The molecule has 0 aliphatic rings. The number of aromatic nitrogens is 1. The van der Waals surface area contributed by atoms with Gasteiger partial charge in [0.25, 0.3) is 0 Å². The molecule has 0 amide bonds. The molecule has 100 valence electrons. The first-order valence-corrected chi connectivity index (χ1v) is 6.98. The van der Waals surface area contributed by atoms with E-state index in [-0.39, 0.29) is 12.5 Å². The van der Waals surface area contributed by atoms with E-state index in [1.807, 2.05) is 18.2 Å². The molecule has 4 nitrogen and oxygen atoms in total. The number of hydrogen-bond acceptors (Lipinski definition) is 4. The molecular formula is C14H16N2O2S. The predicted octanol–water partition coefficient (Wildman–Crippen LogP) is 2.81. The Labute approximate surface area is 116 Å². The molecule has 2 rings (SSSR count). The van der Waals surface area contributed by atoms with E-state index in [0.29, 0.717) is 5.69 Å². The van der Waals surface area contributed by atoms with Crippen molar-refractivity contribution < 1.29 is 9.90 Å². The Morgan fingerprint density at radius 1 is 1.42 bits per heavy atom. The van der Waals surface area contributed by atoms with Gasteiger partial charge in [-0.15, -0.1) is 11.3 Å². The fourth-order valence-corrected chi connectivity index (χ4v) is 2.66. The molecule has 2 aromatic rings. The summed E-state index contributed by atoms with van der Waals surface area (Å²) >= 11 is 1.44. The number of carboxylic acids is 1. The van der Waals surface area contributed by atoms with Crippen LogP contribution in [0.4, 0.5) is 5.13 Å². The van der Waals surface area contributed by atoms with E-state index >= 15 is 0 Å². The van der Waals surface area contributed by atoms with Crippen molar-refractivity contribution in [3.8, 4) is 0 Å². The van der Waals surface area contributed by atoms with Crippen LogP contribution in [0.2, 0.25) is 0 Å². The molecule has 1 heterocycles. The van der Waals surface area contributed by atoms with Crippen LogP contribution >= 0.6 is 11.3 Å². The van der Waals surface area contributed by atoms with E-state index in [4.69, 9.17) is 5.11 Å². The first-order valence-electron chi connectivity index (χ1n) is 6.10. The van der Waals surface area contributed by atoms with E-state index in [1.165, 1.54) is 16.9 Å². The molecule has 0 radical (unpaired) electrons. The van der Waals surface area contributed by atoms with Gasteiger partial charge in [-0.1, -0.05) is 30.3 Å². The number of nitrogens with zero attached hydrogens (tertiary/aromatic N) is 1. The lowest BCUT2D eigenvalue weighted by Gasteiger charge is -2.12. The summed E-state index contributed by atoms with van der Waals surface area (Å²) in [6.45, 7) is 2.09. The van der Waals surface area contributed by atoms with Crippen LogP contribution in [0.3, 0.4) is 0 Å². The van der Waals surface area contributed by atoms with Gasteiger partial charge in [0.05, 0.1) is 12.1 Å². The Morgan fingerprint density at radius 2 is 2.16 bits per heavy atom. The third-order valence-corrected chi connectivity index (χ3v) is 3.46. The summed E-state index contributed by atoms with van der Waals surface area (Å²) in [6.07, 6.45) is 0.889. The summed E-state index contributed by atoms with van der Waals surface area (Å²) in [5, 5.41) is 14.6. The van der Waals surface area contributed by atoms with Gasteiger partial charge in [-0.3, -0.25) is 4.79 Å². The minimum Gasteiger partial charge on any atom is -0.481 e. The molecule has 1 aromatic carbocycles. The standard InChI is InChI=1S/C14H16N2O2S/c1-10(7-11-5-3-2-4-6-11)15-14-16-12(9-19-14)8-13(17)18/h2-6,9-10H,7-8H2,1H3,(H,15,16)(H,17,18). The molecule has 0 saturated carbocycles. The molecular weight excluding hydrogens is 260 g/mol. The molecule has 1 unspecified atom stereocenters. The highest BCUT2D eigenvalue weighted by Gasteiger charge is 2.09. The molecule has 1 aromatic heterocycles. The van der Waals surface area contributed by atoms with Gasteiger partial charge in [-0.2, -0.15) is 0 Å². The van der Waals surface area contributed by atoms with Gasteiger partial charge in [-0.25, -0.2) is 4.98 Å². The van der Waals surface area contributed by atoms with Gasteiger partial charge in [-0.05, 0) is 18.9 Å². The molecule has 0 spiro atoms. The zero-order chi connectivity index (χ0) is 13.7. The molecule has 0 saturated heterocycles. The monoisotopic (exact) mass is 276 g/mol. The first kappa shape index (κ1) is 13.5. The van der Waals surface area contributed by atoms with Crippen molar-refractivity contribution in [3.05, 3.63) is 47.0 Å². The second-order valence-electron chi connectivity index (χ2n) is 4.45. The van der Waals surface area contributed by atoms with E-state index < -0.39 is 5.97 Å². The lowest BCUT2D eigenvalue weighted by Crippen LogP contribution is -2.17. The molecule has 0 aliphatic carbocycles. The van der Waals surface area contributed by atoms with Gasteiger partial charge in [0.15, 0.2) is 5.13 Å². The number of hydrogen-bond donors (Lipinski definition) is 2. The molecule has 1 atom stereocenters. The van der Waals surface area contributed by atoms with E-state index in [9.17, 15) is 4.79 Å². The number of carboxylic acid groups (broad SMARTS) is 1. The van der Waals surface area contributed by atoms with Crippen molar-refractivity contribution in [3.63, 3.8) is 0 Å². The zero-order valence-corrected chi connectivity index (χ0v) is 11.5. The Kier molecular flexibility index (Phi) is 4.52. The van der Waals surface area contributed by atoms with Crippen LogP contribution in [0, 0.1) is 0 Å². The predicted molar refractivity (Wildman–Crippen MR) is 76.7 cm³/mol. The summed E-state index contributed by atoms with van der Waals surface area (Å²) in [6, 6.07) is 10.5. The van der Waals surface area contributed by atoms with Gasteiger partial charge in [0.1, 0.15) is 0 Å². The average Bonchev–Trinajstić information content (AvgIpc) is 2.76. The quantitative estimate of drug-likeness (QED) is 0.851. The SMILES string of the molecule is CC(Cc1ccccc1)Nc1nc(CC(=O)O)cs1. The van der Waals surface area contributed by atoms with Crippen LogP contribution in [0.1, 0.15) is 18.2 Å². The third kappa shape index (κ3) is 4.37. The van der Waals surface area contributed by atoms with Crippen LogP contribution < -0.4 is 5.32 Å². The van der Waals surface area contributed by atoms with Crippen molar-refractivity contribution >= 4 is 22.4 Å².